The fourth-order valence-corrected chi connectivity index (χ4v) is 14.0. The molecule has 0 spiro atoms. The van der Waals surface area contributed by atoms with Gasteiger partial charge in [-0.05, 0) is 204 Å². The molecule has 74 heavy (non-hydrogen) atoms. The van der Waals surface area contributed by atoms with Gasteiger partial charge in [-0.2, -0.15) is 0 Å². The molecule has 6 atom stereocenters. The summed E-state index contributed by atoms with van der Waals surface area (Å²) in [6.07, 6.45) is 16.5. The quantitative estimate of drug-likeness (QED) is 0.117. The second kappa shape index (κ2) is 26.6. The number of fused-ring (bicyclic) bond motifs is 5. The highest BCUT2D eigenvalue weighted by molar-refractivity contribution is 5.23. The minimum atomic E-state index is -2.51. The molecule has 10 nitrogen and oxygen atoms in total. The molecule has 0 bridgehead atoms. The lowest BCUT2D eigenvalue weighted by Gasteiger charge is -2.32. The molecule has 10 heterocycles. The number of alkyl halides is 3. The van der Waals surface area contributed by atoms with Crippen molar-refractivity contribution in [2.45, 2.75) is 243 Å². The van der Waals surface area contributed by atoms with Crippen LogP contribution in [0.3, 0.4) is 0 Å². The number of nitrogens with zero attached hydrogens (tertiary/aromatic N) is 5. The number of allylic oxidation sites excluding steroid dienone is 1. The number of rotatable bonds is 15. The lowest BCUT2D eigenvalue weighted by molar-refractivity contribution is -0.00952. The van der Waals surface area contributed by atoms with Gasteiger partial charge in [0.1, 0.15) is 6.17 Å². The summed E-state index contributed by atoms with van der Waals surface area (Å²) < 4.78 is 94.4. The van der Waals surface area contributed by atoms with Crippen LogP contribution in [0.1, 0.15) is 172 Å². The molecule has 15 heteroatoms. The van der Waals surface area contributed by atoms with Crippen molar-refractivity contribution < 1.29 is 45.6 Å². The Bertz CT molecular complexity index is 1850. The first-order chi connectivity index (χ1) is 34.9. The Kier molecular flexibility index (Phi) is 22.2. The highest BCUT2D eigenvalue weighted by Crippen LogP contribution is 2.47. The lowest BCUT2D eigenvalue weighted by atomic mass is 9.93. The summed E-state index contributed by atoms with van der Waals surface area (Å²) in [6.45, 7) is 38.2. The van der Waals surface area contributed by atoms with E-state index in [0.717, 1.165) is 134 Å². The molecule has 0 radical (unpaired) electrons. The highest BCUT2D eigenvalue weighted by Gasteiger charge is 2.57. The minimum Gasteiger partial charge on any atom is -0.377 e. The molecule has 10 aliphatic rings. The molecule has 0 aromatic rings. The third-order valence-electron chi connectivity index (χ3n) is 17.7. The third-order valence-corrected chi connectivity index (χ3v) is 17.7. The molecule has 428 valence electrons. The van der Waals surface area contributed by atoms with Crippen molar-refractivity contribution in [1.29, 1.82) is 0 Å². The van der Waals surface area contributed by atoms with Crippen LogP contribution in [0.2, 0.25) is 0 Å². The van der Waals surface area contributed by atoms with Crippen LogP contribution in [0.4, 0.5) is 22.0 Å². The maximum Gasteiger partial charge on any atom is 0.262 e. The maximum absolute atomic E-state index is 13.3. The Morgan fingerprint density at radius 2 is 0.946 bits per heavy atom. The van der Waals surface area contributed by atoms with Crippen LogP contribution in [-0.2, 0) is 23.7 Å². The van der Waals surface area contributed by atoms with Crippen LogP contribution in [-0.4, -0.2) is 193 Å². The van der Waals surface area contributed by atoms with E-state index in [1.165, 1.54) is 44.2 Å². The van der Waals surface area contributed by atoms with Crippen LogP contribution in [0.15, 0.2) is 35.5 Å². The molecule has 10 fully saturated rings. The number of halogens is 5. The van der Waals surface area contributed by atoms with E-state index < -0.39 is 12.1 Å². The summed E-state index contributed by atoms with van der Waals surface area (Å²) in [7, 11) is 0. The number of hydrogen-bond acceptors (Lipinski definition) is 10. The van der Waals surface area contributed by atoms with Gasteiger partial charge in [-0.1, -0.05) is 12.2 Å². The van der Waals surface area contributed by atoms with E-state index in [4.69, 9.17) is 23.7 Å². The van der Waals surface area contributed by atoms with Gasteiger partial charge in [0.15, 0.2) is 0 Å². The van der Waals surface area contributed by atoms with Crippen molar-refractivity contribution >= 4 is 0 Å². The minimum absolute atomic E-state index is 0.0123. The van der Waals surface area contributed by atoms with Gasteiger partial charge in [0, 0.05) is 61.2 Å². The number of ether oxygens (including phenoxy) is 5. The van der Waals surface area contributed by atoms with Crippen molar-refractivity contribution in [2.24, 2.45) is 0 Å². The molecule has 10 rings (SSSR count). The number of hydrogen-bond donors (Lipinski definition) is 0. The Morgan fingerprint density at radius 3 is 1.43 bits per heavy atom. The van der Waals surface area contributed by atoms with Crippen LogP contribution in [0.25, 0.3) is 0 Å². The molecule has 0 N–H and O–H groups in total. The predicted molar refractivity (Wildman–Crippen MR) is 288 cm³/mol. The first-order valence-electron chi connectivity index (χ1n) is 29.0. The molecular formula is C59H102F5N5O5. The lowest BCUT2D eigenvalue weighted by Crippen LogP contribution is -2.43. The predicted octanol–water partition coefficient (Wildman–Crippen LogP) is 11.9. The molecule has 6 unspecified atom stereocenters. The van der Waals surface area contributed by atoms with E-state index in [9.17, 15) is 22.0 Å². The molecule has 0 aliphatic carbocycles. The van der Waals surface area contributed by atoms with Gasteiger partial charge in [0.05, 0.1) is 87.8 Å². The monoisotopic (exact) mass is 1060 g/mol. The van der Waals surface area contributed by atoms with Gasteiger partial charge >= 0.3 is 0 Å². The van der Waals surface area contributed by atoms with E-state index in [0.29, 0.717) is 37.8 Å². The van der Waals surface area contributed by atoms with Gasteiger partial charge in [-0.3, -0.25) is 24.5 Å². The van der Waals surface area contributed by atoms with Crippen molar-refractivity contribution in [3.05, 3.63) is 35.5 Å². The zero-order valence-electron chi connectivity index (χ0n) is 48.1. The summed E-state index contributed by atoms with van der Waals surface area (Å²) >= 11 is 0. The van der Waals surface area contributed by atoms with E-state index in [1.54, 1.807) is 6.92 Å². The Balaban J connectivity index is 0.000000151. The van der Waals surface area contributed by atoms with E-state index >= 15 is 0 Å². The molecule has 10 saturated heterocycles. The zero-order chi connectivity index (χ0) is 54.1. The molecule has 0 amide bonds. The smallest absolute Gasteiger partial charge is 0.262 e. The normalized spacial score (nSPS) is 34.7. The average Bonchev–Trinajstić information content (AvgIpc) is 4.18. The maximum atomic E-state index is 13.3. The Labute approximate surface area is 445 Å². The average molecular weight is 1060 g/mol. The Morgan fingerprint density at radius 1 is 0.554 bits per heavy atom. The summed E-state index contributed by atoms with van der Waals surface area (Å²) in [4.78, 5) is 11.6. The van der Waals surface area contributed by atoms with Crippen LogP contribution < -0.4 is 0 Å². The van der Waals surface area contributed by atoms with Crippen LogP contribution in [0.5, 0.6) is 0 Å². The topological polar surface area (TPSA) is 62.4 Å². The van der Waals surface area contributed by atoms with Crippen molar-refractivity contribution in [2.75, 3.05) is 98.5 Å². The zero-order valence-corrected chi connectivity index (χ0v) is 48.1. The molecular weight excluding hydrogens is 954 g/mol. The standard InChI is InChI=1S/C13H22FNO.C12H20FNO.C12H21NO.C11H19F2NO.C11H20FNO/c1-10(2)16-9-13-5-4-6-15(13)8-12(7-13)11(3)14;1-10(2)15-9-12-4-3-5-14(12)8-11(6-12)7-13;1-10(2)14-9-12-5-4-6-13(12)8-11(3)7-12;1-9(2)15-8-10-4-3-5-14(10)7-11(12,13)6-10;1-9(2)14-8-11-4-3-5-13(11)7-10(12)6-11/h10H,4-9H2,1-3H3;7,10H,3-6,8-9H2,1-2H3;10H,3-9H2,1-2H3;9H,3-8H2,1-2H3;9-10H,3-8H2,1-2H3/b12-11+;11-7-;;;. The molecule has 10 aliphatic heterocycles. The SMILES string of the molecule is C/C(F)=C1\CN2CCCC2(COC(C)C)C1.C=C1CN2CCCC2(COC(C)C)C1.CC(C)OCC12CCCN1C/C(=C\F)C2.CC(C)OCC12CCCN1CC(F)(F)C2.CC(C)OCC12CCCN1CC(F)C2. The van der Waals surface area contributed by atoms with Gasteiger partial charge in [0.2, 0.25) is 0 Å². The largest absolute Gasteiger partial charge is 0.377 e. The van der Waals surface area contributed by atoms with Gasteiger partial charge < -0.3 is 23.7 Å². The van der Waals surface area contributed by atoms with Crippen molar-refractivity contribution in [3.63, 3.8) is 0 Å². The van der Waals surface area contributed by atoms with E-state index in [1.807, 2.05) is 32.6 Å². The summed E-state index contributed by atoms with van der Waals surface area (Å²) in [5.74, 6) is -2.50. The van der Waals surface area contributed by atoms with Gasteiger partial charge in [-0.15, -0.1) is 0 Å². The first kappa shape index (κ1) is 61.7. The van der Waals surface area contributed by atoms with E-state index in [2.05, 4.69) is 67.7 Å². The van der Waals surface area contributed by atoms with E-state index in [-0.39, 0.29) is 65.4 Å². The molecule has 0 aromatic heterocycles. The fraction of sp³-hybridized carbons (Fsp3) is 0.898. The molecule has 0 aromatic carbocycles. The van der Waals surface area contributed by atoms with Gasteiger partial charge in [-0.25, -0.2) is 22.0 Å². The van der Waals surface area contributed by atoms with Crippen molar-refractivity contribution in [3.8, 4) is 0 Å². The van der Waals surface area contributed by atoms with Crippen LogP contribution in [0, 0.1) is 0 Å². The first-order valence-corrected chi connectivity index (χ1v) is 29.0. The highest BCUT2D eigenvalue weighted by atomic mass is 19.3. The third kappa shape index (κ3) is 15.9. The second-order valence-corrected chi connectivity index (χ2v) is 25.6. The second-order valence-electron chi connectivity index (χ2n) is 25.6. The summed E-state index contributed by atoms with van der Waals surface area (Å²) in [6, 6.07) is 0. The van der Waals surface area contributed by atoms with Crippen molar-refractivity contribution in [1.82, 2.24) is 24.5 Å². The summed E-state index contributed by atoms with van der Waals surface area (Å²) in [5.41, 5.74) is 3.51. The molecule has 0 saturated carbocycles. The van der Waals surface area contributed by atoms with Crippen LogP contribution >= 0.6 is 0 Å². The fourth-order valence-electron chi connectivity index (χ4n) is 14.0. The van der Waals surface area contributed by atoms with Gasteiger partial charge in [0.25, 0.3) is 5.92 Å². The summed E-state index contributed by atoms with van der Waals surface area (Å²) in [5, 5.41) is 0. The Hall–Kier alpha value is -1.53.